The van der Waals surface area contributed by atoms with E-state index in [1.165, 1.54) is 109 Å². The second-order valence-electron chi connectivity index (χ2n) is 17.1. The molecule has 0 heterocycles. The molecule has 0 bridgehead atoms. The Hall–Kier alpha value is -2.71. The summed E-state index contributed by atoms with van der Waals surface area (Å²) >= 11 is 0. The van der Waals surface area contributed by atoms with Crippen molar-refractivity contribution in [2.24, 2.45) is 0 Å². The summed E-state index contributed by atoms with van der Waals surface area (Å²) in [6, 6.07) is -0.618. The van der Waals surface area contributed by atoms with Gasteiger partial charge in [0.05, 0.1) is 34.4 Å². The molecular formula is C50H90NO7+. The van der Waals surface area contributed by atoms with Crippen LogP contribution in [0.2, 0.25) is 0 Å². The maximum atomic E-state index is 12.7. The number of esters is 2. The summed E-state index contributed by atoms with van der Waals surface area (Å²) in [6.45, 7) is 4.67. The van der Waals surface area contributed by atoms with Crippen molar-refractivity contribution in [1.29, 1.82) is 0 Å². The number of likely N-dealkylation sites (N-methyl/N-ethyl adjacent to an activating group) is 1. The first-order chi connectivity index (χ1) is 28.1. The van der Waals surface area contributed by atoms with Crippen molar-refractivity contribution in [3.8, 4) is 0 Å². The van der Waals surface area contributed by atoms with Crippen LogP contribution < -0.4 is 0 Å². The Morgan fingerprint density at radius 2 is 0.897 bits per heavy atom. The summed E-state index contributed by atoms with van der Waals surface area (Å²) in [6.07, 6.45) is 48.6. The summed E-state index contributed by atoms with van der Waals surface area (Å²) in [4.78, 5) is 37.0. The number of hydrogen-bond acceptors (Lipinski definition) is 6. The third-order valence-corrected chi connectivity index (χ3v) is 10.5. The molecule has 0 fully saturated rings. The molecule has 2 unspecified atom stereocenters. The van der Waals surface area contributed by atoms with Crippen LogP contribution >= 0.6 is 0 Å². The lowest BCUT2D eigenvalue weighted by molar-refractivity contribution is -0.887. The molecule has 0 spiro atoms. The largest absolute Gasteiger partial charge is 0.477 e. The van der Waals surface area contributed by atoms with Crippen LogP contribution in [-0.4, -0.2) is 80.6 Å². The first kappa shape index (κ1) is 55.3. The number of ether oxygens (including phenoxy) is 3. The van der Waals surface area contributed by atoms with Crippen LogP contribution in [0, 0.1) is 0 Å². The van der Waals surface area contributed by atoms with Crippen LogP contribution in [0.25, 0.3) is 0 Å². The zero-order chi connectivity index (χ0) is 42.8. The molecule has 58 heavy (non-hydrogen) atoms. The van der Waals surface area contributed by atoms with E-state index < -0.39 is 18.1 Å². The van der Waals surface area contributed by atoms with Crippen molar-refractivity contribution in [3.05, 3.63) is 48.6 Å². The third kappa shape index (κ3) is 38.8. The number of quaternary nitrogens is 1. The summed E-state index contributed by atoms with van der Waals surface area (Å²) in [5.41, 5.74) is 0. The van der Waals surface area contributed by atoms with Crippen molar-refractivity contribution in [3.63, 3.8) is 0 Å². The highest BCUT2D eigenvalue weighted by molar-refractivity contribution is 5.72. The fraction of sp³-hybridized carbons (Fsp3) is 0.780. The minimum absolute atomic E-state index is 0.0551. The van der Waals surface area contributed by atoms with Crippen molar-refractivity contribution in [2.45, 2.75) is 212 Å². The van der Waals surface area contributed by atoms with Gasteiger partial charge in [-0.15, -0.1) is 0 Å². The summed E-state index contributed by atoms with van der Waals surface area (Å²) in [5.74, 6) is -1.48. The average Bonchev–Trinajstić information content (AvgIpc) is 3.18. The van der Waals surface area contributed by atoms with Gasteiger partial charge in [-0.3, -0.25) is 9.59 Å². The van der Waals surface area contributed by atoms with Crippen LogP contribution in [0.4, 0.5) is 0 Å². The first-order valence-corrected chi connectivity index (χ1v) is 23.7. The monoisotopic (exact) mass is 817 g/mol. The molecule has 0 aliphatic rings. The van der Waals surface area contributed by atoms with E-state index in [9.17, 15) is 19.5 Å². The minimum atomic E-state index is -0.878. The van der Waals surface area contributed by atoms with E-state index in [0.717, 1.165) is 57.8 Å². The average molecular weight is 817 g/mol. The van der Waals surface area contributed by atoms with E-state index in [2.05, 4.69) is 62.5 Å². The lowest BCUT2D eigenvalue weighted by atomic mass is 10.1. The molecule has 8 nitrogen and oxygen atoms in total. The van der Waals surface area contributed by atoms with Gasteiger partial charge < -0.3 is 23.8 Å². The molecule has 0 aromatic heterocycles. The van der Waals surface area contributed by atoms with Crippen LogP contribution in [0.5, 0.6) is 0 Å². The van der Waals surface area contributed by atoms with Crippen molar-refractivity contribution in [1.82, 2.24) is 0 Å². The van der Waals surface area contributed by atoms with Gasteiger partial charge in [0.2, 0.25) is 0 Å². The second-order valence-corrected chi connectivity index (χ2v) is 17.1. The molecule has 0 aromatic carbocycles. The van der Waals surface area contributed by atoms with E-state index in [0.29, 0.717) is 19.3 Å². The Bertz CT molecular complexity index is 1090. The SMILES string of the molecule is CCCCC/C=C/C=C/CCCCCCCCCCCCC(=O)OCC(COCCC(C(=O)O)[N+](C)(C)C)OC(=O)CCCCCCCC/C=C/C=C/CCCCC. The van der Waals surface area contributed by atoms with Gasteiger partial charge in [0.25, 0.3) is 0 Å². The summed E-state index contributed by atoms with van der Waals surface area (Å²) in [5, 5.41) is 9.63. The highest BCUT2D eigenvalue weighted by Crippen LogP contribution is 2.14. The number of aliphatic carboxylic acids is 1. The van der Waals surface area contributed by atoms with E-state index in [1.807, 2.05) is 21.1 Å². The highest BCUT2D eigenvalue weighted by Gasteiger charge is 2.31. The second kappa shape index (κ2) is 41.0. The number of carboxylic acid groups (broad SMARTS) is 1. The molecule has 0 amide bonds. The molecule has 0 saturated heterocycles. The highest BCUT2D eigenvalue weighted by atomic mass is 16.6. The number of hydrogen-bond donors (Lipinski definition) is 1. The molecule has 0 radical (unpaired) electrons. The molecule has 336 valence electrons. The van der Waals surface area contributed by atoms with Gasteiger partial charge in [0.1, 0.15) is 6.61 Å². The van der Waals surface area contributed by atoms with Crippen molar-refractivity contribution >= 4 is 17.9 Å². The Balaban J connectivity index is 4.30. The number of rotatable bonds is 42. The van der Waals surface area contributed by atoms with Gasteiger partial charge in [-0.05, 0) is 64.2 Å². The number of allylic oxidation sites excluding steroid dienone is 8. The molecule has 0 aromatic rings. The minimum Gasteiger partial charge on any atom is -0.477 e. The summed E-state index contributed by atoms with van der Waals surface area (Å²) < 4.78 is 17.3. The van der Waals surface area contributed by atoms with E-state index in [1.54, 1.807) is 0 Å². The smallest absolute Gasteiger partial charge is 0.362 e. The number of carbonyl (C=O) groups is 3. The van der Waals surface area contributed by atoms with E-state index in [-0.39, 0.29) is 36.2 Å². The van der Waals surface area contributed by atoms with Crippen LogP contribution in [-0.2, 0) is 28.6 Å². The maximum Gasteiger partial charge on any atom is 0.362 e. The molecule has 0 aliphatic carbocycles. The number of carbonyl (C=O) groups excluding carboxylic acids is 2. The molecule has 0 rings (SSSR count). The Labute approximate surface area is 356 Å². The normalized spacial score (nSPS) is 13.3. The molecule has 0 saturated carbocycles. The fourth-order valence-electron chi connectivity index (χ4n) is 6.78. The number of nitrogens with zero attached hydrogens (tertiary/aromatic N) is 1. The van der Waals surface area contributed by atoms with Gasteiger partial charge in [0.15, 0.2) is 12.1 Å². The lowest BCUT2D eigenvalue weighted by Crippen LogP contribution is -2.50. The third-order valence-electron chi connectivity index (χ3n) is 10.5. The zero-order valence-electron chi connectivity index (χ0n) is 38.2. The predicted octanol–water partition coefficient (Wildman–Crippen LogP) is 13.2. The molecule has 8 heteroatoms. The Kier molecular flexibility index (Phi) is 39.1. The first-order valence-electron chi connectivity index (χ1n) is 23.7. The maximum absolute atomic E-state index is 12.7. The van der Waals surface area contributed by atoms with Crippen molar-refractivity contribution < 1.29 is 38.2 Å². The standard InChI is InChI=1S/C50H89NO7/c1-6-8-10-12-14-16-18-20-22-23-24-25-27-28-30-32-34-36-38-40-48(52)57-45-46(44-56-43-42-47(50(54)55)51(3,4)5)58-49(53)41-39-37-35-33-31-29-26-21-19-17-15-13-11-9-7-2/h14-21,46-47H,6-13,22-45H2,1-5H3/p+1/b16-14+,17-15+,20-18+,21-19+. The van der Waals surface area contributed by atoms with Crippen molar-refractivity contribution in [2.75, 3.05) is 41.0 Å². The van der Waals surface area contributed by atoms with E-state index >= 15 is 0 Å². The molecular weight excluding hydrogens is 727 g/mol. The van der Waals surface area contributed by atoms with Crippen LogP contribution in [0.15, 0.2) is 48.6 Å². The van der Waals surface area contributed by atoms with Gasteiger partial charge >= 0.3 is 17.9 Å². The Morgan fingerprint density at radius 1 is 0.517 bits per heavy atom. The number of unbranched alkanes of at least 4 members (excludes halogenated alkanes) is 22. The topological polar surface area (TPSA) is 99.1 Å². The molecule has 0 aliphatic heterocycles. The predicted molar refractivity (Wildman–Crippen MR) is 243 cm³/mol. The lowest BCUT2D eigenvalue weighted by Gasteiger charge is -2.31. The molecule has 2 atom stereocenters. The Morgan fingerprint density at radius 3 is 1.29 bits per heavy atom. The van der Waals surface area contributed by atoms with Gasteiger partial charge in [-0.25, -0.2) is 4.79 Å². The fourth-order valence-corrected chi connectivity index (χ4v) is 6.78. The summed E-state index contributed by atoms with van der Waals surface area (Å²) in [7, 11) is 5.52. The van der Waals surface area contributed by atoms with Gasteiger partial charge in [-0.1, -0.05) is 165 Å². The quantitative estimate of drug-likeness (QED) is 0.0283. The van der Waals surface area contributed by atoms with Crippen LogP contribution in [0.1, 0.15) is 200 Å². The van der Waals surface area contributed by atoms with Gasteiger partial charge in [0, 0.05) is 19.3 Å². The van der Waals surface area contributed by atoms with E-state index in [4.69, 9.17) is 14.2 Å². The van der Waals surface area contributed by atoms with Crippen LogP contribution in [0.3, 0.4) is 0 Å². The molecule has 1 N–H and O–H groups in total. The van der Waals surface area contributed by atoms with Gasteiger partial charge in [-0.2, -0.15) is 0 Å². The zero-order valence-corrected chi connectivity index (χ0v) is 38.2. The number of carboxylic acids is 1.